The van der Waals surface area contributed by atoms with Crippen LogP contribution in [0.1, 0.15) is 251 Å². The summed E-state index contributed by atoms with van der Waals surface area (Å²) in [5, 5.41) is 33.5. The Morgan fingerprint density at radius 1 is 0.304 bits per heavy atom. The molecule has 0 spiro atoms. The summed E-state index contributed by atoms with van der Waals surface area (Å²) in [5.74, 6) is -9.97. The van der Waals surface area contributed by atoms with E-state index in [1.54, 1.807) is 13.8 Å². The first-order chi connectivity index (χ1) is 59.8. The molecular weight excluding hydrogens is 1620 g/mol. The highest BCUT2D eigenvalue weighted by molar-refractivity contribution is 5.99. The van der Waals surface area contributed by atoms with E-state index in [0.717, 1.165) is 6.42 Å². The molecule has 0 bridgehead atoms. The number of carbonyl (C=O) groups is 14. The first-order valence-electron chi connectivity index (χ1n) is 45.7. The summed E-state index contributed by atoms with van der Waals surface area (Å²) in [6.45, 7) is 6.49. The number of likely N-dealkylation sites (tertiary alicyclic amines) is 1. The molecule has 720 valence electrons. The number of nitrogens with two attached hydrogens (primary N) is 15. The van der Waals surface area contributed by atoms with Gasteiger partial charge >= 0.3 is 0 Å². The van der Waals surface area contributed by atoms with Crippen molar-refractivity contribution < 1.29 is 67.1 Å². The Morgan fingerprint density at radius 2 is 0.560 bits per heavy atom. The first kappa shape index (κ1) is 114. The summed E-state index contributed by atoms with van der Waals surface area (Å²) in [5.41, 5.74) is 88.0. The van der Waals surface area contributed by atoms with Crippen molar-refractivity contribution in [2.45, 2.75) is 336 Å². The van der Waals surface area contributed by atoms with Gasteiger partial charge in [0.25, 0.3) is 0 Å². The second kappa shape index (κ2) is 69.5. The minimum Gasteiger partial charge on any atom is -0.370 e. The van der Waals surface area contributed by atoms with Gasteiger partial charge in [0.15, 0.2) is 5.96 Å². The van der Waals surface area contributed by atoms with Gasteiger partial charge in [-0.15, -0.1) is 0 Å². The highest BCUT2D eigenvalue weighted by Crippen LogP contribution is 2.22. The van der Waals surface area contributed by atoms with Crippen molar-refractivity contribution in [1.29, 1.82) is 0 Å². The zero-order valence-electron chi connectivity index (χ0n) is 74.8. The van der Waals surface area contributed by atoms with Gasteiger partial charge in [0.2, 0.25) is 82.7 Å². The SMILES string of the molecule is CC(C)[C@H](NC(=O)[C@H](CCCCN)NC(=O)[C@H](CCCN=C(N)N)NC(=O)[C@H](CCCCN)NC(=O)[C@H](CCCCN)NC(=O)[C@H](CCCCN)NC(=O)[C@@H]1CCCN1C(=O)[C@H](CCCCNC(=O)[C@H](CCCCNC(=O)[C@@H](N)CCCCN)NC(=O)[C@@H](N)CCCCN)NC(=O)[C@H](CCCCNC(=O)[C@@H](N)CCCCN)NC(=O)[C@@H](N)CCCCN)C(N)=O. The number of primary amides is 1. The van der Waals surface area contributed by atoms with Crippen LogP contribution in [-0.2, 0) is 67.1 Å². The van der Waals surface area contributed by atoms with E-state index in [9.17, 15) is 57.5 Å². The molecule has 0 saturated carbocycles. The molecule has 42 N–H and O–H groups in total. The molecule has 1 aliphatic heterocycles. The van der Waals surface area contributed by atoms with E-state index in [1.807, 2.05) is 0 Å². The van der Waals surface area contributed by atoms with Gasteiger partial charge in [-0.25, -0.2) is 0 Å². The molecule has 125 heavy (non-hydrogen) atoms. The van der Waals surface area contributed by atoms with E-state index in [1.165, 1.54) is 4.90 Å². The summed E-state index contributed by atoms with van der Waals surface area (Å²) < 4.78 is 0. The lowest BCUT2D eigenvalue weighted by Gasteiger charge is -2.31. The Balaban J connectivity index is 3.96. The van der Waals surface area contributed by atoms with Crippen LogP contribution < -0.4 is 150 Å². The predicted molar refractivity (Wildman–Crippen MR) is 482 cm³/mol. The Morgan fingerprint density at radius 3 is 0.872 bits per heavy atom. The van der Waals surface area contributed by atoms with Gasteiger partial charge in [0.05, 0.1) is 24.2 Å². The molecule has 0 aromatic heterocycles. The summed E-state index contributed by atoms with van der Waals surface area (Å²) >= 11 is 0. The number of unbranched alkanes of at least 4 members (excludes halogenated alkanes) is 11. The zero-order valence-corrected chi connectivity index (χ0v) is 74.8. The summed E-state index contributed by atoms with van der Waals surface area (Å²) in [7, 11) is 0. The van der Waals surface area contributed by atoms with Crippen LogP contribution in [0.2, 0.25) is 0 Å². The molecule has 0 aromatic carbocycles. The standard InChI is InChI=1S/C82H163N29O14/c1-53(2)67(68(95)112)110-79(123)63(34-10-21-47-90)106-77(121)64(38-25-51-101-82(96)97)107-75(119)61(32-8-19-45-88)104-74(118)60(31-7-18-44-87)105-76(120)62(33-9-20-46-89)108-80(124)66-39-26-52-111(66)81(125)65(109-78(122)59(103-72(116)57(94)30-6-17-43-86)36-12-23-49-99-70(114)55(92)28-4-15-41-84)37-13-24-50-100-73(117)58(102-71(115)56(93)29-5-16-42-85)35-11-22-48-98-69(113)54(91)27-3-14-40-83/h53-67H,3-52,83-94H2,1-2H3,(H2,95,112)(H,98,113)(H,99,114)(H,100,117)(H,102,115)(H,103,116)(H,104,118)(H,105,120)(H,106,121)(H,107,119)(H,108,124)(H,109,122)(H,110,123)(H4,96,97,101)/t54-,55-,56-,57-,58-,59-,60-,61-,62-,63-,64-,65-,66-,67-/m0/s1. The number of nitrogens with one attached hydrogen (secondary N) is 12. The first-order valence-corrected chi connectivity index (χ1v) is 45.7. The summed E-state index contributed by atoms with van der Waals surface area (Å²) in [4.78, 5) is 203. The number of carbonyl (C=O) groups excluding carboxylic acids is 14. The Bertz CT molecular complexity index is 3180. The fourth-order valence-electron chi connectivity index (χ4n) is 14.1. The molecule has 14 amide bonds. The van der Waals surface area contributed by atoms with Gasteiger partial charge in [-0.05, 0) is 270 Å². The van der Waals surface area contributed by atoms with E-state index >= 15 is 9.59 Å². The molecule has 1 saturated heterocycles. The zero-order chi connectivity index (χ0) is 93.4. The van der Waals surface area contributed by atoms with Crippen LogP contribution in [0.4, 0.5) is 0 Å². The number of aliphatic imine (C=N–C) groups is 1. The molecular formula is C82H163N29O14. The van der Waals surface area contributed by atoms with E-state index < -0.39 is 161 Å². The normalized spacial score (nSPS) is 15.7. The van der Waals surface area contributed by atoms with Crippen LogP contribution in [0, 0.1) is 5.92 Å². The van der Waals surface area contributed by atoms with Gasteiger partial charge in [-0.3, -0.25) is 72.1 Å². The van der Waals surface area contributed by atoms with E-state index in [2.05, 4.69) is 68.8 Å². The van der Waals surface area contributed by atoms with Crippen molar-refractivity contribution in [3.63, 3.8) is 0 Å². The molecule has 1 aliphatic rings. The third-order valence-corrected chi connectivity index (χ3v) is 21.8. The molecule has 0 aromatic rings. The largest absolute Gasteiger partial charge is 0.370 e. The lowest BCUT2D eigenvalue weighted by molar-refractivity contribution is -0.142. The van der Waals surface area contributed by atoms with Crippen molar-refractivity contribution in [1.82, 2.24) is 68.7 Å². The van der Waals surface area contributed by atoms with Crippen LogP contribution in [0.3, 0.4) is 0 Å². The van der Waals surface area contributed by atoms with Gasteiger partial charge in [-0.2, -0.15) is 0 Å². The molecule has 1 heterocycles. The smallest absolute Gasteiger partial charge is 0.245 e. The van der Waals surface area contributed by atoms with Gasteiger partial charge < -0.3 is 155 Å². The third-order valence-electron chi connectivity index (χ3n) is 21.8. The Labute approximate surface area is 739 Å². The maximum absolute atomic E-state index is 15.5. The molecule has 43 nitrogen and oxygen atoms in total. The average Bonchev–Trinajstić information content (AvgIpc) is 1.67. The second-order valence-electron chi connectivity index (χ2n) is 32.8. The lowest BCUT2D eigenvalue weighted by Crippen LogP contribution is -2.60. The van der Waals surface area contributed by atoms with Gasteiger partial charge in [0.1, 0.15) is 60.4 Å². The molecule has 1 rings (SSSR count). The number of hydrogen-bond acceptors (Lipinski definition) is 27. The number of amides is 14. The van der Waals surface area contributed by atoms with Crippen molar-refractivity contribution in [3.05, 3.63) is 0 Å². The Hall–Kier alpha value is -8.63. The van der Waals surface area contributed by atoms with Crippen molar-refractivity contribution in [2.75, 3.05) is 85.1 Å². The fourth-order valence-corrected chi connectivity index (χ4v) is 14.1. The number of hydrogen-bond donors (Lipinski definition) is 27. The monoisotopic (exact) mass is 1780 g/mol. The highest BCUT2D eigenvalue weighted by atomic mass is 16.2. The number of nitrogens with zero attached hydrogens (tertiary/aromatic N) is 2. The average molecular weight is 1780 g/mol. The molecule has 0 radical (unpaired) electrons. The van der Waals surface area contributed by atoms with E-state index in [0.29, 0.717) is 167 Å². The minimum absolute atomic E-state index is 0.00166. The lowest BCUT2D eigenvalue weighted by atomic mass is 10.0. The number of guanidine groups is 1. The topological polar surface area (TPSA) is 789 Å². The maximum Gasteiger partial charge on any atom is 0.245 e. The van der Waals surface area contributed by atoms with Crippen LogP contribution in [0.25, 0.3) is 0 Å². The number of rotatable bonds is 75. The van der Waals surface area contributed by atoms with Gasteiger partial charge in [-0.1, -0.05) is 39.5 Å². The molecule has 14 atom stereocenters. The summed E-state index contributed by atoms with van der Waals surface area (Å²) in [6.07, 6.45) is 12.0. The van der Waals surface area contributed by atoms with Gasteiger partial charge in [0, 0.05) is 32.7 Å². The van der Waals surface area contributed by atoms with Crippen molar-refractivity contribution >= 4 is 88.7 Å². The third kappa shape index (κ3) is 49.9. The fraction of sp³-hybridized carbons (Fsp3) is 0.817. The molecule has 0 unspecified atom stereocenters. The molecule has 43 heteroatoms. The van der Waals surface area contributed by atoms with Crippen LogP contribution in [0.5, 0.6) is 0 Å². The minimum atomic E-state index is -1.38. The van der Waals surface area contributed by atoms with Crippen LogP contribution in [0.15, 0.2) is 4.99 Å². The predicted octanol–water partition coefficient (Wildman–Crippen LogP) is -6.26. The second-order valence-corrected chi connectivity index (χ2v) is 32.8. The quantitative estimate of drug-likeness (QED) is 0.0153. The Kier molecular flexibility index (Phi) is 63.6. The van der Waals surface area contributed by atoms with E-state index in [-0.39, 0.29) is 167 Å². The summed E-state index contributed by atoms with van der Waals surface area (Å²) in [6, 6.07) is -16.1. The van der Waals surface area contributed by atoms with Crippen molar-refractivity contribution in [3.8, 4) is 0 Å². The van der Waals surface area contributed by atoms with Crippen molar-refractivity contribution in [2.24, 2.45) is 96.9 Å². The maximum atomic E-state index is 15.5. The van der Waals surface area contributed by atoms with Crippen LogP contribution >= 0.6 is 0 Å². The molecule has 0 aliphatic carbocycles. The van der Waals surface area contributed by atoms with Crippen LogP contribution in [-0.4, -0.2) is 263 Å². The van der Waals surface area contributed by atoms with E-state index in [4.69, 9.17) is 86.0 Å². The highest BCUT2D eigenvalue weighted by Gasteiger charge is 2.41. The molecule has 1 fully saturated rings.